The maximum absolute atomic E-state index is 9.98. The molecular formula is C34H23N3S2. The molecule has 5 aromatic rings. The second kappa shape index (κ2) is 10.6. The molecule has 0 radical (unpaired) electrons. The average Bonchev–Trinajstić information content (AvgIpc) is 2.98. The van der Waals surface area contributed by atoms with Crippen molar-refractivity contribution in [3.8, 4) is 16.2 Å². The fourth-order valence-corrected chi connectivity index (χ4v) is 6.62. The highest BCUT2D eigenvalue weighted by Gasteiger charge is 2.29. The summed E-state index contributed by atoms with van der Waals surface area (Å²) in [4.78, 5) is 1.55. The van der Waals surface area contributed by atoms with E-state index in [2.05, 4.69) is 49.6 Å². The van der Waals surface area contributed by atoms with Crippen LogP contribution in [-0.4, -0.2) is 6.26 Å². The highest BCUT2D eigenvalue weighted by Crippen LogP contribution is 2.55. The Balaban J connectivity index is 1.74. The lowest BCUT2D eigenvalue weighted by atomic mass is 9.98. The van der Waals surface area contributed by atoms with Crippen molar-refractivity contribution < 1.29 is 0 Å². The molecule has 186 valence electrons. The van der Waals surface area contributed by atoms with E-state index in [0.717, 1.165) is 53.9 Å². The summed E-state index contributed by atoms with van der Waals surface area (Å²) >= 11 is 1.65. The smallest absolute Gasteiger partial charge is 0.145 e. The van der Waals surface area contributed by atoms with Gasteiger partial charge in [-0.1, -0.05) is 61.7 Å². The van der Waals surface area contributed by atoms with E-state index < -0.39 is 10.0 Å². The maximum Gasteiger partial charge on any atom is 0.145 e. The SMILES string of the molecule is C=Cc1cc2cc(/C=C/c3cc4cc5ccccc5cc4cc3S(C#N)(C#N)C#N)c(SC)cc2cc1C=C. The first-order valence-electron chi connectivity index (χ1n) is 12.1. The zero-order valence-electron chi connectivity index (χ0n) is 21.3. The van der Waals surface area contributed by atoms with Crippen molar-refractivity contribution in [3.05, 3.63) is 108 Å². The fourth-order valence-electron chi connectivity index (χ4n) is 4.81. The van der Waals surface area contributed by atoms with Crippen LogP contribution in [0.25, 0.3) is 56.6 Å². The van der Waals surface area contributed by atoms with Crippen LogP contribution in [0.2, 0.25) is 0 Å². The Morgan fingerprint density at radius 3 is 1.62 bits per heavy atom. The maximum atomic E-state index is 9.98. The fraction of sp³-hybridized carbons (Fsp3) is 0.0294. The summed E-state index contributed by atoms with van der Waals surface area (Å²) in [6.07, 6.45) is 9.62. The van der Waals surface area contributed by atoms with Gasteiger partial charge in [-0.2, -0.15) is 15.8 Å². The van der Waals surface area contributed by atoms with Crippen molar-refractivity contribution >= 4 is 78.4 Å². The van der Waals surface area contributed by atoms with Crippen molar-refractivity contribution in [1.29, 1.82) is 15.8 Å². The van der Waals surface area contributed by atoms with Gasteiger partial charge in [0.1, 0.15) is 16.2 Å². The standard InChI is InChI=1S/C34H23N3S2/c1-4-23-12-29-16-27(33(38-3)18-31(29)13-24(23)5-2)10-11-28-17-30-14-25-8-6-7-9-26(25)15-32(30)19-34(28)39(20-35,21-36)22-37/h4-19H,1-2H2,3H3/b11-10+. The molecule has 0 aromatic heterocycles. The van der Waals surface area contributed by atoms with Gasteiger partial charge in [0.15, 0.2) is 0 Å². The van der Waals surface area contributed by atoms with E-state index in [1.54, 1.807) is 11.8 Å². The minimum atomic E-state index is -3.00. The minimum Gasteiger partial charge on any atom is -0.184 e. The van der Waals surface area contributed by atoms with Gasteiger partial charge >= 0.3 is 0 Å². The highest BCUT2D eigenvalue weighted by molar-refractivity contribution is 8.44. The van der Waals surface area contributed by atoms with Gasteiger partial charge in [-0.05, 0) is 109 Å². The topological polar surface area (TPSA) is 71.4 Å². The molecule has 0 bridgehead atoms. The summed E-state index contributed by atoms with van der Waals surface area (Å²) in [5, 5.41) is 42.3. The molecule has 3 nitrogen and oxygen atoms in total. The van der Waals surface area contributed by atoms with Crippen LogP contribution in [0.3, 0.4) is 0 Å². The largest absolute Gasteiger partial charge is 0.184 e. The van der Waals surface area contributed by atoms with Crippen LogP contribution in [0.1, 0.15) is 22.3 Å². The lowest BCUT2D eigenvalue weighted by Crippen LogP contribution is -1.96. The molecule has 5 aromatic carbocycles. The van der Waals surface area contributed by atoms with E-state index in [1.165, 1.54) is 0 Å². The summed E-state index contributed by atoms with van der Waals surface area (Å²) in [6.45, 7) is 7.86. The van der Waals surface area contributed by atoms with E-state index in [4.69, 9.17) is 0 Å². The quantitative estimate of drug-likeness (QED) is 0.0935. The molecule has 0 aliphatic rings. The van der Waals surface area contributed by atoms with Gasteiger partial charge < -0.3 is 0 Å². The van der Waals surface area contributed by atoms with Crippen LogP contribution in [-0.2, 0) is 0 Å². The number of fused-ring (bicyclic) bond motifs is 3. The van der Waals surface area contributed by atoms with E-state index in [-0.39, 0.29) is 0 Å². The van der Waals surface area contributed by atoms with E-state index in [0.29, 0.717) is 10.5 Å². The number of benzene rings is 5. The zero-order chi connectivity index (χ0) is 27.6. The number of nitriles is 3. The van der Waals surface area contributed by atoms with Crippen LogP contribution in [0, 0.1) is 32.0 Å². The monoisotopic (exact) mass is 537 g/mol. The normalized spacial score (nSPS) is 11.7. The molecule has 0 heterocycles. The Bertz CT molecular complexity index is 1950. The highest BCUT2D eigenvalue weighted by atomic mass is 32.3. The van der Waals surface area contributed by atoms with Gasteiger partial charge in [0.25, 0.3) is 0 Å². The number of rotatable bonds is 6. The third-order valence-corrected chi connectivity index (χ3v) is 9.48. The first kappa shape index (κ1) is 25.9. The average molecular weight is 538 g/mol. The summed E-state index contributed by atoms with van der Waals surface area (Å²) in [7, 11) is -3.00. The molecule has 0 fully saturated rings. The number of thiocyanates is 3. The van der Waals surface area contributed by atoms with Crippen molar-refractivity contribution in [2.24, 2.45) is 0 Å². The number of thioether (sulfide) groups is 1. The molecule has 0 N–H and O–H groups in total. The molecular weight excluding hydrogens is 515 g/mol. The van der Waals surface area contributed by atoms with Crippen molar-refractivity contribution in [2.75, 3.05) is 6.26 Å². The first-order valence-corrected chi connectivity index (χ1v) is 15.0. The van der Waals surface area contributed by atoms with Crippen LogP contribution in [0.15, 0.2) is 95.7 Å². The third-order valence-electron chi connectivity index (χ3n) is 6.85. The summed E-state index contributed by atoms with van der Waals surface area (Å²) in [5.41, 5.74) is 3.74. The van der Waals surface area contributed by atoms with Crippen molar-refractivity contribution in [2.45, 2.75) is 9.79 Å². The number of hydrogen-bond acceptors (Lipinski definition) is 4. The molecule has 0 spiro atoms. The van der Waals surface area contributed by atoms with Crippen LogP contribution < -0.4 is 0 Å². The van der Waals surface area contributed by atoms with E-state index in [1.807, 2.05) is 83.2 Å². The van der Waals surface area contributed by atoms with Gasteiger partial charge in [-0.15, -0.1) is 11.8 Å². The molecule has 39 heavy (non-hydrogen) atoms. The van der Waals surface area contributed by atoms with Crippen LogP contribution >= 0.6 is 21.8 Å². The Morgan fingerprint density at radius 1 is 0.615 bits per heavy atom. The predicted molar refractivity (Wildman–Crippen MR) is 169 cm³/mol. The van der Waals surface area contributed by atoms with Gasteiger partial charge in [0.2, 0.25) is 0 Å². The number of hydrogen-bond donors (Lipinski definition) is 0. The van der Waals surface area contributed by atoms with Crippen LogP contribution in [0.4, 0.5) is 0 Å². The van der Waals surface area contributed by atoms with Gasteiger partial charge in [0.05, 0.1) is 10.0 Å². The molecule has 0 amide bonds. The van der Waals surface area contributed by atoms with Gasteiger partial charge in [0, 0.05) is 9.79 Å². The second-order valence-electron chi connectivity index (χ2n) is 8.99. The molecule has 0 unspecified atom stereocenters. The minimum absolute atomic E-state index is 0.463. The Kier molecular flexibility index (Phi) is 7.02. The van der Waals surface area contributed by atoms with Crippen molar-refractivity contribution in [3.63, 3.8) is 0 Å². The first-order chi connectivity index (χ1) is 19.0. The summed E-state index contributed by atoms with van der Waals surface area (Å²) in [6, 6.07) is 24.5. The predicted octanol–water partition coefficient (Wildman–Crippen LogP) is 9.93. The Labute approximate surface area is 233 Å². The van der Waals surface area contributed by atoms with E-state index >= 15 is 0 Å². The van der Waals surface area contributed by atoms with E-state index in [9.17, 15) is 15.8 Å². The zero-order valence-corrected chi connectivity index (χ0v) is 22.9. The molecule has 5 rings (SSSR count). The molecule has 0 aliphatic heterocycles. The Hall–Kier alpha value is -4.73. The lowest BCUT2D eigenvalue weighted by Gasteiger charge is -2.19. The molecule has 5 heteroatoms. The molecule has 0 aliphatic carbocycles. The molecule has 0 saturated heterocycles. The second-order valence-corrected chi connectivity index (χ2v) is 12.0. The molecule has 0 atom stereocenters. The van der Waals surface area contributed by atoms with Gasteiger partial charge in [-0.25, -0.2) is 0 Å². The summed E-state index contributed by atoms with van der Waals surface area (Å²) in [5.74, 6) is 0. The summed E-state index contributed by atoms with van der Waals surface area (Å²) < 4.78 is 0. The van der Waals surface area contributed by atoms with Gasteiger partial charge in [-0.3, -0.25) is 0 Å². The molecule has 0 saturated carbocycles. The number of nitrogens with zero attached hydrogens (tertiary/aromatic N) is 3. The third kappa shape index (κ3) is 4.58. The van der Waals surface area contributed by atoms with Crippen molar-refractivity contribution in [1.82, 2.24) is 0 Å². The Morgan fingerprint density at radius 2 is 1.08 bits per heavy atom. The lowest BCUT2D eigenvalue weighted by molar-refractivity contribution is 1.43. The van der Waals surface area contributed by atoms with Crippen LogP contribution in [0.5, 0.6) is 0 Å².